The molecular formula is C17H22N4OS. The fourth-order valence-corrected chi connectivity index (χ4v) is 5.06. The van der Waals surface area contributed by atoms with Gasteiger partial charge in [-0.25, -0.2) is 4.98 Å². The summed E-state index contributed by atoms with van der Waals surface area (Å²) < 4.78 is 1.76. The minimum atomic E-state index is 0.166. The molecular weight excluding hydrogens is 308 g/mol. The lowest BCUT2D eigenvalue weighted by molar-refractivity contribution is 0.0638. The summed E-state index contributed by atoms with van der Waals surface area (Å²) in [6.45, 7) is 2.19. The molecule has 1 saturated carbocycles. The molecule has 3 atom stereocenters. The Hall–Kier alpha value is -1.69. The third kappa shape index (κ3) is 2.59. The summed E-state index contributed by atoms with van der Waals surface area (Å²) in [5.74, 6) is 0.868. The van der Waals surface area contributed by atoms with Crippen molar-refractivity contribution >= 4 is 17.2 Å². The van der Waals surface area contributed by atoms with Crippen LogP contribution in [0.4, 0.5) is 0 Å². The summed E-state index contributed by atoms with van der Waals surface area (Å²) in [6.07, 6.45) is 11.6. The highest BCUT2D eigenvalue weighted by molar-refractivity contribution is 7.16. The van der Waals surface area contributed by atoms with Crippen LogP contribution in [0.1, 0.15) is 48.7 Å². The van der Waals surface area contributed by atoms with E-state index in [4.69, 9.17) is 0 Å². The van der Waals surface area contributed by atoms with Gasteiger partial charge in [-0.3, -0.25) is 9.48 Å². The van der Waals surface area contributed by atoms with Crippen molar-refractivity contribution in [2.45, 2.75) is 51.1 Å². The average Bonchev–Trinajstić information content (AvgIpc) is 3.23. The number of hydrogen-bond acceptors (Lipinski definition) is 4. The Morgan fingerprint density at radius 1 is 1.30 bits per heavy atom. The van der Waals surface area contributed by atoms with Crippen LogP contribution >= 0.6 is 11.3 Å². The molecule has 1 saturated heterocycles. The SMILES string of the molecule is CC1CC2CCCCC2N1C(=O)c1cnc(-c2cnn(C)c2)s1. The number of hydrogen-bond donors (Lipinski definition) is 0. The second-order valence-corrected chi connectivity index (χ2v) is 7.87. The predicted octanol–water partition coefficient (Wildman–Crippen LogP) is 3.34. The van der Waals surface area contributed by atoms with Crippen molar-refractivity contribution in [1.29, 1.82) is 0 Å². The van der Waals surface area contributed by atoms with Crippen LogP contribution in [-0.4, -0.2) is 37.7 Å². The maximum atomic E-state index is 13.0. The highest BCUT2D eigenvalue weighted by Gasteiger charge is 2.43. The molecule has 122 valence electrons. The quantitative estimate of drug-likeness (QED) is 0.848. The second kappa shape index (κ2) is 5.74. The lowest BCUT2D eigenvalue weighted by Crippen LogP contribution is -2.42. The zero-order valence-corrected chi connectivity index (χ0v) is 14.4. The standard InChI is InChI=1S/C17H22N4OS/c1-11-7-12-5-3-4-6-14(12)21(11)17(22)15-9-18-16(23-15)13-8-19-20(2)10-13/h8-12,14H,3-7H2,1-2H3. The number of amides is 1. The molecule has 6 heteroatoms. The molecule has 3 heterocycles. The molecule has 1 aliphatic carbocycles. The predicted molar refractivity (Wildman–Crippen MR) is 90.3 cm³/mol. The summed E-state index contributed by atoms with van der Waals surface area (Å²) >= 11 is 1.48. The van der Waals surface area contributed by atoms with Gasteiger partial charge in [-0.05, 0) is 32.1 Å². The van der Waals surface area contributed by atoms with Crippen molar-refractivity contribution in [3.8, 4) is 10.6 Å². The molecule has 23 heavy (non-hydrogen) atoms. The van der Waals surface area contributed by atoms with Crippen molar-refractivity contribution in [2.75, 3.05) is 0 Å². The smallest absolute Gasteiger partial charge is 0.266 e. The van der Waals surface area contributed by atoms with Crippen molar-refractivity contribution in [3.05, 3.63) is 23.5 Å². The number of fused-ring (bicyclic) bond motifs is 1. The third-order valence-electron chi connectivity index (χ3n) is 5.25. The van der Waals surface area contributed by atoms with Crippen LogP contribution in [0.2, 0.25) is 0 Å². The van der Waals surface area contributed by atoms with E-state index >= 15 is 0 Å². The van der Waals surface area contributed by atoms with Crippen molar-refractivity contribution in [2.24, 2.45) is 13.0 Å². The van der Waals surface area contributed by atoms with Crippen molar-refractivity contribution in [1.82, 2.24) is 19.7 Å². The van der Waals surface area contributed by atoms with Gasteiger partial charge in [0, 0.05) is 30.9 Å². The van der Waals surface area contributed by atoms with Gasteiger partial charge in [-0.1, -0.05) is 12.8 Å². The Labute approximate surface area is 140 Å². The second-order valence-electron chi connectivity index (χ2n) is 6.84. The minimum Gasteiger partial charge on any atom is -0.332 e. The molecule has 0 radical (unpaired) electrons. The summed E-state index contributed by atoms with van der Waals surface area (Å²) in [4.78, 5) is 20.4. The first-order valence-corrected chi connectivity index (χ1v) is 9.22. The van der Waals surface area contributed by atoms with Gasteiger partial charge in [0.1, 0.15) is 9.88 Å². The Kier molecular flexibility index (Phi) is 3.71. The number of aromatic nitrogens is 3. The topological polar surface area (TPSA) is 51.0 Å². The number of likely N-dealkylation sites (tertiary alicyclic amines) is 1. The van der Waals surface area contributed by atoms with Gasteiger partial charge in [0.25, 0.3) is 5.91 Å². The summed E-state index contributed by atoms with van der Waals surface area (Å²) in [6, 6.07) is 0.787. The molecule has 0 spiro atoms. The first kappa shape index (κ1) is 14.9. The molecule has 0 aromatic carbocycles. The number of thiazole rings is 1. The number of carbonyl (C=O) groups excluding carboxylic acids is 1. The first-order chi connectivity index (χ1) is 11.1. The van der Waals surface area contributed by atoms with Gasteiger partial charge in [0.15, 0.2) is 0 Å². The highest BCUT2D eigenvalue weighted by Crippen LogP contribution is 2.40. The lowest BCUT2D eigenvalue weighted by atomic mass is 9.85. The van der Waals surface area contributed by atoms with Gasteiger partial charge in [-0.2, -0.15) is 5.10 Å². The Morgan fingerprint density at radius 2 is 2.13 bits per heavy atom. The zero-order chi connectivity index (χ0) is 16.0. The van der Waals surface area contributed by atoms with Crippen LogP contribution in [0.5, 0.6) is 0 Å². The van der Waals surface area contributed by atoms with Gasteiger partial charge in [-0.15, -0.1) is 11.3 Å². The molecule has 1 aliphatic heterocycles. The maximum Gasteiger partial charge on any atom is 0.266 e. The van der Waals surface area contributed by atoms with Gasteiger partial charge >= 0.3 is 0 Å². The number of aryl methyl sites for hydroxylation is 1. The van der Waals surface area contributed by atoms with Crippen LogP contribution < -0.4 is 0 Å². The normalized spacial score (nSPS) is 27.2. The van der Waals surface area contributed by atoms with Gasteiger partial charge < -0.3 is 4.90 Å². The molecule has 4 rings (SSSR count). The van der Waals surface area contributed by atoms with Gasteiger partial charge in [0.05, 0.1) is 12.4 Å². The van der Waals surface area contributed by atoms with E-state index in [0.717, 1.165) is 28.3 Å². The summed E-state index contributed by atoms with van der Waals surface area (Å²) in [7, 11) is 1.89. The molecule has 1 amide bonds. The first-order valence-electron chi connectivity index (χ1n) is 8.41. The summed E-state index contributed by atoms with van der Waals surface area (Å²) in [5, 5.41) is 5.05. The molecule has 0 N–H and O–H groups in total. The van der Waals surface area contributed by atoms with Crippen molar-refractivity contribution < 1.29 is 4.79 Å². The number of nitrogens with zero attached hydrogens (tertiary/aromatic N) is 4. The molecule has 2 fully saturated rings. The minimum absolute atomic E-state index is 0.166. The molecule has 2 aliphatic rings. The zero-order valence-electron chi connectivity index (χ0n) is 13.6. The van der Waals surface area contributed by atoms with Crippen LogP contribution in [-0.2, 0) is 7.05 Å². The monoisotopic (exact) mass is 330 g/mol. The summed E-state index contributed by atoms with van der Waals surface area (Å²) in [5.41, 5.74) is 0.974. The molecule has 0 bridgehead atoms. The maximum absolute atomic E-state index is 13.0. The lowest BCUT2D eigenvalue weighted by Gasteiger charge is -2.32. The number of rotatable bonds is 2. The molecule has 3 unspecified atom stereocenters. The van der Waals surface area contributed by atoms with E-state index < -0.39 is 0 Å². The van der Waals surface area contributed by atoms with E-state index in [-0.39, 0.29) is 5.91 Å². The van der Waals surface area contributed by atoms with Gasteiger partial charge in [0.2, 0.25) is 0 Å². The molecule has 5 nitrogen and oxygen atoms in total. The van der Waals surface area contributed by atoms with E-state index in [1.54, 1.807) is 17.1 Å². The van der Waals surface area contributed by atoms with Crippen LogP contribution in [0.15, 0.2) is 18.6 Å². The highest BCUT2D eigenvalue weighted by atomic mass is 32.1. The van der Waals surface area contributed by atoms with E-state index in [2.05, 4.69) is 21.9 Å². The Bertz CT molecular complexity index is 722. The van der Waals surface area contributed by atoms with E-state index in [1.165, 1.54) is 30.6 Å². The fraction of sp³-hybridized carbons (Fsp3) is 0.588. The van der Waals surface area contributed by atoms with Crippen LogP contribution in [0.3, 0.4) is 0 Å². The fourth-order valence-electron chi connectivity index (χ4n) is 4.22. The molecule has 2 aromatic heterocycles. The van der Waals surface area contributed by atoms with Crippen LogP contribution in [0, 0.1) is 5.92 Å². The Balaban J connectivity index is 1.58. The average molecular weight is 330 g/mol. The number of carbonyl (C=O) groups is 1. The van der Waals surface area contributed by atoms with E-state index in [0.29, 0.717) is 18.0 Å². The molecule has 2 aromatic rings. The third-order valence-corrected chi connectivity index (χ3v) is 6.28. The van der Waals surface area contributed by atoms with Crippen molar-refractivity contribution in [3.63, 3.8) is 0 Å². The largest absolute Gasteiger partial charge is 0.332 e. The Morgan fingerprint density at radius 3 is 2.91 bits per heavy atom. The van der Waals surface area contributed by atoms with Crippen LogP contribution in [0.25, 0.3) is 10.6 Å². The van der Waals surface area contributed by atoms with E-state index in [9.17, 15) is 4.79 Å². The van der Waals surface area contributed by atoms with E-state index in [1.807, 2.05) is 13.2 Å².